The number of nitrogens with zero attached hydrogens (tertiary/aromatic N) is 3. The quantitative estimate of drug-likeness (QED) is 0.740. The van der Waals surface area contributed by atoms with E-state index >= 15 is 0 Å². The van der Waals surface area contributed by atoms with E-state index < -0.39 is 0 Å². The maximum Gasteiger partial charge on any atom is 0.155 e. The Balaban J connectivity index is 2.66. The van der Waals surface area contributed by atoms with E-state index in [0.717, 1.165) is 22.1 Å². The molecule has 0 spiro atoms. The second-order valence-corrected chi connectivity index (χ2v) is 4.50. The summed E-state index contributed by atoms with van der Waals surface area (Å²) in [4.78, 5) is 4.39. The molecular formula is C9H10ClN3S. The van der Waals surface area contributed by atoms with Crippen molar-refractivity contribution in [3.8, 4) is 0 Å². The van der Waals surface area contributed by atoms with Gasteiger partial charge in [-0.15, -0.1) is 11.8 Å². The predicted octanol–water partition coefficient (Wildman–Crippen LogP) is 2.80. The fourth-order valence-electron chi connectivity index (χ4n) is 1.30. The summed E-state index contributed by atoms with van der Waals surface area (Å²) in [5.41, 5.74) is 1.86. The molecule has 3 nitrogen and oxygen atoms in total. The summed E-state index contributed by atoms with van der Waals surface area (Å²) in [6.07, 6.45) is 0. The summed E-state index contributed by atoms with van der Waals surface area (Å²) in [5, 5.41) is 5.78. The van der Waals surface area contributed by atoms with Crippen LogP contribution in [-0.2, 0) is 0 Å². The maximum absolute atomic E-state index is 5.83. The van der Waals surface area contributed by atoms with Gasteiger partial charge in [-0.3, -0.25) is 0 Å². The van der Waals surface area contributed by atoms with Gasteiger partial charge in [0, 0.05) is 0 Å². The van der Waals surface area contributed by atoms with E-state index in [1.54, 1.807) is 22.3 Å². The maximum atomic E-state index is 5.83. The number of hydrogen-bond acceptors (Lipinski definition) is 3. The Morgan fingerprint density at radius 3 is 3.00 bits per heavy atom. The monoisotopic (exact) mass is 227 g/mol. The first kappa shape index (κ1) is 9.80. The van der Waals surface area contributed by atoms with Crippen molar-refractivity contribution in [2.24, 2.45) is 0 Å². The zero-order valence-electron chi connectivity index (χ0n) is 7.99. The molecule has 2 heterocycles. The molecule has 5 heteroatoms. The molecule has 0 unspecified atom stereocenters. The lowest BCUT2D eigenvalue weighted by atomic mass is 10.6. The number of imidazole rings is 1. The summed E-state index contributed by atoms with van der Waals surface area (Å²) in [7, 11) is 0. The van der Waals surface area contributed by atoms with Crippen LogP contribution in [-0.4, -0.2) is 20.4 Å². The Morgan fingerprint density at radius 1 is 1.50 bits per heavy atom. The fourth-order valence-corrected chi connectivity index (χ4v) is 2.23. The van der Waals surface area contributed by atoms with Gasteiger partial charge < -0.3 is 0 Å². The smallest absolute Gasteiger partial charge is 0.155 e. The highest BCUT2D eigenvalue weighted by atomic mass is 35.5. The second kappa shape index (κ2) is 3.79. The van der Waals surface area contributed by atoms with Crippen LogP contribution in [0.1, 0.15) is 12.6 Å². The van der Waals surface area contributed by atoms with Gasteiger partial charge in [0.05, 0.1) is 5.69 Å². The number of rotatable bonds is 2. The first-order valence-corrected chi connectivity index (χ1v) is 5.73. The van der Waals surface area contributed by atoms with Crippen molar-refractivity contribution in [1.82, 2.24) is 14.6 Å². The Hall–Kier alpha value is -0.740. The van der Waals surface area contributed by atoms with Gasteiger partial charge in [-0.25, -0.2) is 9.50 Å². The SMILES string of the molecule is CCSc1c(C)nc2ccc(Cl)nn12. The summed E-state index contributed by atoms with van der Waals surface area (Å²) in [5.74, 6) is 1.00. The van der Waals surface area contributed by atoms with E-state index in [4.69, 9.17) is 11.6 Å². The fraction of sp³-hybridized carbons (Fsp3) is 0.333. The molecule has 74 valence electrons. The van der Waals surface area contributed by atoms with Crippen molar-refractivity contribution < 1.29 is 0 Å². The lowest BCUT2D eigenvalue weighted by Crippen LogP contribution is -1.93. The largest absolute Gasteiger partial charge is 0.231 e. The summed E-state index contributed by atoms with van der Waals surface area (Å²) in [6, 6.07) is 3.63. The first-order chi connectivity index (χ1) is 6.72. The Morgan fingerprint density at radius 2 is 2.29 bits per heavy atom. The molecule has 0 aliphatic heterocycles. The number of hydrogen-bond donors (Lipinski definition) is 0. The Bertz CT molecular complexity index is 466. The summed E-state index contributed by atoms with van der Waals surface area (Å²) < 4.78 is 1.80. The third-order valence-corrected chi connectivity index (χ3v) is 3.08. The Kier molecular flexibility index (Phi) is 2.65. The average Bonchev–Trinajstić information content (AvgIpc) is 2.45. The lowest BCUT2D eigenvalue weighted by molar-refractivity contribution is 0.848. The number of thioether (sulfide) groups is 1. The van der Waals surface area contributed by atoms with E-state index in [2.05, 4.69) is 17.0 Å². The van der Waals surface area contributed by atoms with Crippen molar-refractivity contribution >= 4 is 29.0 Å². The van der Waals surface area contributed by atoms with Crippen molar-refractivity contribution in [1.29, 1.82) is 0 Å². The summed E-state index contributed by atoms with van der Waals surface area (Å²) in [6.45, 7) is 4.09. The minimum atomic E-state index is 0.493. The molecule has 0 aliphatic rings. The van der Waals surface area contributed by atoms with Crippen LogP contribution >= 0.6 is 23.4 Å². The first-order valence-electron chi connectivity index (χ1n) is 4.37. The van der Waals surface area contributed by atoms with Gasteiger partial charge in [0.25, 0.3) is 0 Å². The third kappa shape index (κ3) is 1.60. The molecule has 0 saturated heterocycles. The molecule has 2 aromatic heterocycles. The molecular weight excluding hydrogens is 218 g/mol. The zero-order valence-corrected chi connectivity index (χ0v) is 9.56. The van der Waals surface area contributed by atoms with E-state index in [0.29, 0.717) is 5.15 Å². The van der Waals surface area contributed by atoms with Gasteiger partial charge in [-0.2, -0.15) is 5.10 Å². The minimum Gasteiger partial charge on any atom is -0.231 e. The molecule has 0 aliphatic carbocycles. The van der Waals surface area contributed by atoms with Gasteiger partial charge in [0.1, 0.15) is 10.2 Å². The lowest BCUT2D eigenvalue weighted by Gasteiger charge is -1.98. The summed E-state index contributed by atoms with van der Waals surface area (Å²) >= 11 is 7.56. The van der Waals surface area contributed by atoms with Crippen molar-refractivity contribution in [3.05, 3.63) is 23.0 Å². The molecule has 14 heavy (non-hydrogen) atoms. The molecule has 0 aromatic carbocycles. The highest BCUT2D eigenvalue weighted by Gasteiger charge is 2.09. The molecule has 0 amide bonds. The van der Waals surface area contributed by atoms with Gasteiger partial charge in [0.2, 0.25) is 0 Å². The van der Waals surface area contributed by atoms with Crippen LogP contribution < -0.4 is 0 Å². The van der Waals surface area contributed by atoms with Crippen LogP contribution in [0, 0.1) is 6.92 Å². The molecule has 0 radical (unpaired) electrons. The third-order valence-electron chi connectivity index (χ3n) is 1.85. The highest BCUT2D eigenvalue weighted by molar-refractivity contribution is 7.99. The van der Waals surface area contributed by atoms with E-state index in [1.165, 1.54) is 0 Å². The van der Waals surface area contributed by atoms with E-state index in [-0.39, 0.29) is 0 Å². The predicted molar refractivity (Wildman–Crippen MR) is 59.1 cm³/mol. The van der Waals surface area contributed by atoms with Gasteiger partial charge in [-0.1, -0.05) is 18.5 Å². The van der Waals surface area contributed by atoms with Gasteiger partial charge >= 0.3 is 0 Å². The highest BCUT2D eigenvalue weighted by Crippen LogP contribution is 2.23. The van der Waals surface area contributed by atoms with Crippen LogP contribution in [0.4, 0.5) is 0 Å². The van der Waals surface area contributed by atoms with E-state index in [9.17, 15) is 0 Å². The van der Waals surface area contributed by atoms with Crippen LogP contribution in [0.2, 0.25) is 5.15 Å². The van der Waals surface area contributed by atoms with Crippen LogP contribution in [0.5, 0.6) is 0 Å². The molecule has 2 aromatic rings. The molecule has 0 fully saturated rings. The van der Waals surface area contributed by atoms with Gasteiger partial charge in [0.15, 0.2) is 5.65 Å². The standard InChI is InChI=1S/C9H10ClN3S/c1-3-14-9-6(2)11-8-5-4-7(10)12-13(8)9/h4-5H,3H2,1-2H3. The molecule has 0 saturated carbocycles. The van der Waals surface area contributed by atoms with Crippen LogP contribution in [0.3, 0.4) is 0 Å². The van der Waals surface area contributed by atoms with Gasteiger partial charge in [-0.05, 0) is 24.8 Å². The van der Waals surface area contributed by atoms with Crippen molar-refractivity contribution in [2.45, 2.75) is 18.9 Å². The molecule has 0 bridgehead atoms. The van der Waals surface area contributed by atoms with Crippen molar-refractivity contribution in [2.75, 3.05) is 5.75 Å². The van der Waals surface area contributed by atoms with Crippen LogP contribution in [0.15, 0.2) is 17.2 Å². The number of fused-ring (bicyclic) bond motifs is 1. The second-order valence-electron chi connectivity index (χ2n) is 2.86. The molecule has 0 atom stereocenters. The number of aromatic nitrogens is 3. The zero-order chi connectivity index (χ0) is 10.1. The van der Waals surface area contributed by atoms with E-state index in [1.807, 2.05) is 13.0 Å². The normalized spacial score (nSPS) is 11.1. The topological polar surface area (TPSA) is 30.2 Å². The number of aryl methyl sites for hydroxylation is 1. The minimum absolute atomic E-state index is 0.493. The Labute approximate surface area is 91.5 Å². The molecule has 2 rings (SSSR count). The van der Waals surface area contributed by atoms with Crippen LogP contribution in [0.25, 0.3) is 5.65 Å². The van der Waals surface area contributed by atoms with Crippen molar-refractivity contribution in [3.63, 3.8) is 0 Å². The number of halogens is 1. The molecule has 0 N–H and O–H groups in total. The average molecular weight is 228 g/mol.